The molecule has 0 saturated carbocycles. The number of ether oxygens (including phenoxy) is 1. The summed E-state index contributed by atoms with van der Waals surface area (Å²) >= 11 is 0. The molecular weight excluding hydrogens is 306 g/mol. The molecule has 2 heterocycles. The number of urea groups is 1. The van der Waals surface area contributed by atoms with Crippen molar-refractivity contribution in [1.82, 2.24) is 4.90 Å². The van der Waals surface area contributed by atoms with E-state index < -0.39 is 0 Å². The number of hydrogen-bond donors (Lipinski definition) is 1. The average molecular weight is 331 g/mol. The van der Waals surface area contributed by atoms with Gasteiger partial charge in [-0.1, -0.05) is 0 Å². The molecule has 1 N–H and O–H groups in total. The third kappa shape index (κ3) is 3.87. The maximum atomic E-state index is 12.4. The molecule has 1 atom stereocenters. The molecule has 3 rings (SSSR count). The van der Waals surface area contributed by atoms with Crippen LogP contribution in [0.3, 0.4) is 0 Å². The topological polar surface area (TPSA) is 61.9 Å². The number of anilines is 2. The average Bonchev–Trinajstić information content (AvgIpc) is 3.25. The Morgan fingerprint density at radius 3 is 2.71 bits per heavy atom. The molecule has 3 amide bonds. The number of nitrogens with one attached hydrogen (secondary N) is 1. The highest BCUT2D eigenvalue weighted by atomic mass is 16.5. The van der Waals surface area contributed by atoms with E-state index in [1.165, 1.54) is 0 Å². The first-order valence-corrected chi connectivity index (χ1v) is 8.75. The fourth-order valence-corrected chi connectivity index (χ4v) is 3.24. The number of benzene rings is 1. The highest BCUT2D eigenvalue weighted by Crippen LogP contribution is 2.23. The Bertz CT molecular complexity index is 582. The van der Waals surface area contributed by atoms with Crippen LogP contribution < -0.4 is 10.2 Å². The molecule has 2 fully saturated rings. The molecule has 130 valence electrons. The Morgan fingerprint density at radius 2 is 2.12 bits per heavy atom. The molecule has 1 aromatic carbocycles. The number of carbonyl (C=O) groups is 2. The van der Waals surface area contributed by atoms with Gasteiger partial charge in [-0.15, -0.1) is 0 Å². The number of rotatable bonds is 5. The predicted octanol–water partition coefficient (Wildman–Crippen LogP) is 2.85. The van der Waals surface area contributed by atoms with Crippen LogP contribution in [0, 0.1) is 0 Å². The lowest BCUT2D eigenvalue weighted by atomic mass is 10.2. The molecule has 0 spiro atoms. The SMILES string of the molecule is CCN(CC1CCCO1)C(=O)Nc1ccc(N2CCCC2=O)cc1. The van der Waals surface area contributed by atoms with Gasteiger partial charge < -0.3 is 19.9 Å². The van der Waals surface area contributed by atoms with Gasteiger partial charge in [0.1, 0.15) is 0 Å². The summed E-state index contributed by atoms with van der Waals surface area (Å²) in [7, 11) is 0. The summed E-state index contributed by atoms with van der Waals surface area (Å²) in [6.07, 6.45) is 3.77. The Labute approximate surface area is 142 Å². The lowest BCUT2D eigenvalue weighted by Crippen LogP contribution is -2.39. The van der Waals surface area contributed by atoms with Gasteiger partial charge in [0.25, 0.3) is 0 Å². The Kier molecular flexibility index (Phi) is 5.35. The van der Waals surface area contributed by atoms with Crippen molar-refractivity contribution in [3.05, 3.63) is 24.3 Å². The second kappa shape index (κ2) is 7.66. The molecule has 6 nitrogen and oxygen atoms in total. The van der Waals surface area contributed by atoms with E-state index in [9.17, 15) is 9.59 Å². The second-order valence-corrected chi connectivity index (χ2v) is 6.30. The van der Waals surface area contributed by atoms with Crippen LogP contribution in [0.5, 0.6) is 0 Å². The minimum atomic E-state index is -0.113. The largest absolute Gasteiger partial charge is 0.376 e. The first kappa shape index (κ1) is 16.8. The van der Waals surface area contributed by atoms with Crippen LogP contribution in [0.2, 0.25) is 0 Å². The van der Waals surface area contributed by atoms with E-state index in [-0.39, 0.29) is 18.0 Å². The first-order valence-electron chi connectivity index (χ1n) is 8.75. The predicted molar refractivity (Wildman–Crippen MR) is 93.3 cm³/mol. The van der Waals surface area contributed by atoms with Gasteiger partial charge in [0.15, 0.2) is 0 Å². The van der Waals surface area contributed by atoms with Crippen LogP contribution in [0.1, 0.15) is 32.6 Å². The van der Waals surface area contributed by atoms with Gasteiger partial charge in [0.05, 0.1) is 6.10 Å². The fraction of sp³-hybridized carbons (Fsp3) is 0.556. The van der Waals surface area contributed by atoms with E-state index >= 15 is 0 Å². The highest BCUT2D eigenvalue weighted by Gasteiger charge is 2.23. The van der Waals surface area contributed by atoms with Crippen molar-refractivity contribution in [2.75, 3.05) is 36.5 Å². The zero-order valence-corrected chi connectivity index (χ0v) is 14.2. The van der Waals surface area contributed by atoms with Crippen molar-refractivity contribution in [3.63, 3.8) is 0 Å². The van der Waals surface area contributed by atoms with Crippen molar-refractivity contribution in [2.24, 2.45) is 0 Å². The molecular formula is C18H25N3O3. The molecule has 2 aliphatic heterocycles. The molecule has 0 aromatic heterocycles. The van der Waals surface area contributed by atoms with E-state index in [1.54, 1.807) is 9.80 Å². The summed E-state index contributed by atoms with van der Waals surface area (Å²) < 4.78 is 5.61. The summed E-state index contributed by atoms with van der Waals surface area (Å²) in [5, 5.41) is 2.92. The van der Waals surface area contributed by atoms with Crippen molar-refractivity contribution in [2.45, 2.75) is 38.7 Å². The zero-order chi connectivity index (χ0) is 16.9. The molecule has 1 unspecified atom stereocenters. The number of nitrogens with zero attached hydrogens (tertiary/aromatic N) is 2. The second-order valence-electron chi connectivity index (χ2n) is 6.30. The van der Waals surface area contributed by atoms with E-state index in [1.807, 2.05) is 31.2 Å². The van der Waals surface area contributed by atoms with Crippen molar-refractivity contribution >= 4 is 23.3 Å². The number of likely N-dealkylation sites (N-methyl/N-ethyl adjacent to an activating group) is 1. The Morgan fingerprint density at radius 1 is 1.33 bits per heavy atom. The minimum Gasteiger partial charge on any atom is -0.376 e. The number of carbonyl (C=O) groups excluding carboxylic acids is 2. The maximum Gasteiger partial charge on any atom is 0.321 e. The van der Waals surface area contributed by atoms with Gasteiger partial charge in [-0.05, 0) is 50.5 Å². The van der Waals surface area contributed by atoms with Crippen LogP contribution in [-0.2, 0) is 9.53 Å². The van der Waals surface area contributed by atoms with Gasteiger partial charge in [0.2, 0.25) is 5.91 Å². The van der Waals surface area contributed by atoms with Crippen molar-refractivity contribution in [1.29, 1.82) is 0 Å². The summed E-state index contributed by atoms with van der Waals surface area (Å²) in [4.78, 5) is 27.8. The van der Waals surface area contributed by atoms with Crippen LogP contribution in [-0.4, -0.2) is 49.2 Å². The van der Waals surface area contributed by atoms with E-state index in [0.717, 1.165) is 43.8 Å². The van der Waals surface area contributed by atoms with Gasteiger partial charge in [-0.25, -0.2) is 4.79 Å². The van der Waals surface area contributed by atoms with Crippen LogP contribution in [0.15, 0.2) is 24.3 Å². The summed E-state index contributed by atoms with van der Waals surface area (Å²) in [6.45, 7) is 4.81. The van der Waals surface area contributed by atoms with E-state index in [4.69, 9.17) is 4.74 Å². The summed E-state index contributed by atoms with van der Waals surface area (Å²) in [5.41, 5.74) is 1.63. The molecule has 0 radical (unpaired) electrons. The van der Waals surface area contributed by atoms with E-state index in [0.29, 0.717) is 19.5 Å². The molecule has 6 heteroatoms. The smallest absolute Gasteiger partial charge is 0.321 e. The lowest BCUT2D eigenvalue weighted by Gasteiger charge is -2.24. The summed E-state index contributed by atoms with van der Waals surface area (Å²) in [5.74, 6) is 0.167. The first-order chi connectivity index (χ1) is 11.7. The Balaban J connectivity index is 1.57. The molecule has 1 aromatic rings. The summed E-state index contributed by atoms with van der Waals surface area (Å²) in [6, 6.07) is 7.35. The molecule has 24 heavy (non-hydrogen) atoms. The minimum absolute atomic E-state index is 0.113. The lowest BCUT2D eigenvalue weighted by molar-refractivity contribution is -0.117. The third-order valence-electron chi connectivity index (χ3n) is 4.62. The molecule has 2 aliphatic rings. The van der Waals surface area contributed by atoms with Crippen molar-refractivity contribution < 1.29 is 14.3 Å². The number of amides is 3. The maximum absolute atomic E-state index is 12.4. The fourth-order valence-electron chi connectivity index (χ4n) is 3.24. The standard InChI is InChI=1S/C18H25N3O3/c1-2-20(13-16-5-4-12-24-16)18(23)19-14-7-9-15(10-8-14)21-11-3-6-17(21)22/h7-10,16H,2-6,11-13H2,1H3,(H,19,23). The molecule has 0 aliphatic carbocycles. The van der Waals surface area contributed by atoms with Gasteiger partial charge in [-0.2, -0.15) is 0 Å². The normalized spacial score (nSPS) is 20.5. The van der Waals surface area contributed by atoms with E-state index in [2.05, 4.69) is 5.32 Å². The van der Waals surface area contributed by atoms with Gasteiger partial charge in [0, 0.05) is 44.0 Å². The van der Waals surface area contributed by atoms with Gasteiger partial charge in [-0.3, -0.25) is 4.79 Å². The van der Waals surface area contributed by atoms with Crippen LogP contribution in [0.25, 0.3) is 0 Å². The van der Waals surface area contributed by atoms with Crippen LogP contribution >= 0.6 is 0 Å². The van der Waals surface area contributed by atoms with Crippen molar-refractivity contribution in [3.8, 4) is 0 Å². The molecule has 2 saturated heterocycles. The van der Waals surface area contributed by atoms with Crippen LogP contribution in [0.4, 0.5) is 16.2 Å². The Hall–Kier alpha value is -2.08. The monoisotopic (exact) mass is 331 g/mol. The third-order valence-corrected chi connectivity index (χ3v) is 4.62. The number of hydrogen-bond acceptors (Lipinski definition) is 3. The van der Waals surface area contributed by atoms with Gasteiger partial charge >= 0.3 is 6.03 Å². The zero-order valence-electron chi connectivity index (χ0n) is 14.2. The molecule has 0 bridgehead atoms. The quantitative estimate of drug-likeness (QED) is 0.902. The highest BCUT2D eigenvalue weighted by molar-refractivity contribution is 5.96.